The van der Waals surface area contributed by atoms with Gasteiger partial charge in [0, 0.05) is 17.2 Å². The number of aryl methyl sites for hydroxylation is 1. The van der Waals surface area contributed by atoms with Crippen LogP contribution in [0.15, 0.2) is 18.2 Å². The number of hydrogen-bond donors (Lipinski definition) is 1. The first-order valence-corrected chi connectivity index (χ1v) is 6.91. The van der Waals surface area contributed by atoms with E-state index in [0.29, 0.717) is 5.69 Å². The van der Waals surface area contributed by atoms with Crippen LogP contribution in [-0.2, 0) is 4.74 Å². The number of hydrogen-bond acceptors (Lipinski definition) is 3. The Morgan fingerprint density at radius 2 is 1.90 bits per heavy atom. The van der Waals surface area contributed by atoms with Gasteiger partial charge in [0.15, 0.2) is 5.78 Å². The molecule has 1 aliphatic rings. The highest BCUT2D eigenvalue weighted by Crippen LogP contribution is 2.33. The molecule has 1 saturated carbocycles. The smallest absolute Gasteiger partial charge is 0.412 e. The lowest BCUT2D eigenvalue weighted by molar-refractivity contribution is 0.0635. The van der Waals surface area contributed by atoms with Crippen LogP contribution in [0.2, 0.25) is 0 Å². The Balaban J connectivity index is 2.06. The van der Waals surface area contributed by atoms with Crippen molar-refractivity contribution in [2.45, 2.75) is 46.1 Å². The summed E-state index contributed by atoms with van der Waals surface area (Å²) in [5.41, 5.74) is 1.73. The predicted molar refractivity (Wildman–Crippen MR) is 78.1 cm³/mol. The zero-order valence-electron chi connectivity index (χ0n) is 12.4. The SMILES string of the molecule is Cc1cc(C(=O)C2CC2)ccc1NC(=O)OC(C)(C)C. The number of rotatable bonds is 3. The molecule has 1 aliphatic carbocycles. The highest BCUT2D eigenvalue weighted by Gasteiger charge is 2.30. The number of Topliss-reactive ketones (excluding diaryl/α,β-unsaturated/α-hetero) is 1. The van der Waals surface area contributed by atoms with Crippen LogP contribution in [0.4, 0.5) is 10.5 Å². The van der Waals surface area contributed by atoms with E-state index in [1.807, 2.05) is 33.8 Å². The van der Waals surface area contributed by atoms with E-state index in [0.717, 1.165) is 24.0 Å². The molecule has 0 heterocycles. The quantitative estimate of drug-likeness (QED) is 0.850. The van der Waals surface area contributed by atoms with Gasteiger partial charge in [-0.1, -0.05) is 0 Å². The summed E-state index contributed by atoms with van der Waals surface area (Å²) < 4.78 is 5.21. The molecule has 0 saturated heterocycles. The van der Waals surface area contributed by atoms with Gasteiger partial charge >= 0.3 is 6.09 Å². The van der Waals surface area contributed by atoms with Crippen molar-refractivity contribution in [1.29, 1.82) is 0 Å². The standard InChI is InChI=1S/C16H21NO3/c1-10-9-12(14(18)11-5-6-11)7-8-13(10)17-15(19)20-16(2,3)4/h7-9,11H,5-6H2,1-4H3,(H,17,19). The molecule has 0 aromatic heterocycles. The highest BCUT2D eigenvalue weighted by molar-refractivity contribution is 6.00. The van der Waals surface area contributed by atoms with Crippen LogP contribution in [0.5, 0.6) is 0 Å². The van der Waals surface area contributed by atoms with E-state index in [9.17, 15) is 9.59 Å². The zero-order chi connectivity index (χ0) is 14.9. The first-order valence-electron chi connectivity index (χ1n) is 6.91. The largest absolute Gasteiger partial charge is 0.444 e. The van der Waals surface area contributed by atoms with E-state index in [1.54, 1.807) is 12.1 Å². The van der Waals surface area contributed by atoms with E-state index in [4.69, 9.17) is 4.74 Å². The molecule has 0 aliphatic heterocycles. The van der Waals surface area contributed by atoms with Gasteiger partial charge in [-0.2, -0.15) is 0 Å². The molecule has 4 nitrogen and oxygen atoms in total. The van der Waals surface area contributed by atoms with Gasteiger partial charge in [-0.3, -0.25) is 10.1 Å². The first kappa shape index (κ1) is 14.6. The van der Waals surface area contributed by atoms with Crippen LogP contribution in [0.25, 0.3) is 0 Å². The molecule has 0 bridgehead atoms. The van der Waals surface area contributed by atoms with E-state index in [1.165, 1.54) is 0 Å². The average molecular weight is 275 g/mol. The number of carbonyl (C=O) groups is 2. The van der Waals surface area contributed by atoms with Crippen LogP contribution in [-0.4, -0.2) is 17.5 Å². The van der Waals surface area contributed by atoms with Crippen molar-refractivity contribution in [2.24, 2.45) is 5.92 Å². The summed E-state index contributed by atoms with van der Waals surface area (Å²) in [5.74, 6) is 0.413. The summed E-state index contributed by atoms with van der Waals surface area (Å²) in [6, 6.07) is 5.35. The molecule has 1 fully saturated rings. The molecule has 0 unspecified atom stereocenters. The van der Waals surface area contributed by atoms with Crippen molar-refractivity contribution in [2.75, 3.05) is 5.32 Å². The normalized spacial score (nSPS) is 14.8. The second-order valence-corrected chi connectivity index (χ2v) is 6.30. The summed E-state index contributed by atoms with van der Waals surface area (Å²) in [6.07, 6.45) is 1.51. The predicted octanol–water partition coefficient (Wildman–Crippen LogP) is 3.93. The highest BCUT2D eigenvalue weighted by atomic mass is 16.6. The lowest BCUT2D eigenvalue weighted by Gasteiger charge is -2.20. The van der Waals surface area contributed by atoms with Crippen molar-refractivity contribution in [3.63, 3.8) is 0 Å². The lowest BCUT2D eigenvalue weighted by atomic mass is 10.0. The summed E-state index contributed by atoms with van der Waals surface area (Å²) in [4.78, 5) is 23.7. The van der Waals surface area contributed by atoms with Crippen molar-refractivity contribution in [1.82, 2.24) is 0 Å². The monoisotopic (exact) mass is 275 g/mol. The van der Waals surface area contributed by atoms with Gasteiger partial charge in [0.2, 0.25) is 0 Å². The maximum absolute atomic E-state index is 12.0. The van der Waals surface area contributed by atoms with Crippen LogP contribution < -0.4 is 5.32 Å². The Bertz CT molecular complexity index is 539. The van der Waals surface area contributed by atoms with E-state index in [-0.39, 0.29) is 11.7 Å². The second-order valence-electron chi connectivity index (χ2n) is 6.30. The maximum atomic E-state index is 12.0. The molecule has 0 radical (unpaired) electrons. The number of ketones is 1. The number of carbonyl (C=O) groups excluding carboxylic acids is 2. The second kappa shape index (κ2) is 5.27. The Morgan fingerprint density at radius 1 is 1.25 bits per heavy atom. The van der Waals surface area contributed by atoms with Crippen molar-refractivity contribution in [3.05, 3.63) is 29.3 Å². The van der Waals surface area contributed by atoms with Gasteiger partial charge in [-0.05, 0) is 64.3 Å². The van der Waals surface area contributed by atoms with Crippen molar-refractivity contribution < 1.29 is 14.3 Å². The third kappa shape index (κ3) is 3.83. The van der Waals surface area contributed by atoms with E-state index < -0.39 is 11.7 Å². The van der Waals surface area contributed by atoms with Crippen molar-refractivity contribution >= 4 is 17.6 Å². The van der Waals surface area contributed by atoms with Crippen LogP contribution in [0.3, 0.4) is 0 Å². The third-order valence-corrected chi connectivity index (χ3v) is 3.09. The molecule has 2 rings (SSSR count). The number of ether oxygens (including phenoxy) is 1. The molecule has 1 aromatic carbocycles. The summed E-state index contributed by atoms with van der Waals surface area (Å²) >= 11 is 0. The van der Waals surface area contributed by atoms with Gasteiger partial charge in [0.25, 0.3) is 0 Å². The Morgan fingerprint density at radius 3 is 2.40 bits per heavy atom. The molecule has 108 valence electrons. The van der Waals surface area contributed by atoms with Gasteiger partial charge in [-0.25, -0.2) is 4.79 Å². The molecule has 0 spiro atoms. The van der Waals surface area contributed by atoms with Gasteiger partial charge in [0.05, 0.1) is 0 Å². The zero-order valence-corrected chi connectivity index (χ0v) is 12.4. The Labute approximate surface area is 119 Å². The fourth-order valence-corrected chi connectivity index (χ4v) is 1.95. The van der Waals surface area contributed by atoms with Crippen LogP contribution >= 0.6 is 0 Å². The molecular weight excluding hydrogens is 254 g/mol. The third-order valence-electron chi connectivity index (χ3n) is 3.09. The molecule has 1 N–H and O–H groups in total. The summed E-state index contributed by atoms with van der Waals surface area (Å²) in [7, 11) is 0. The lowest BCUT2D eigenvalue weighted by Crippen LogP contribution is -2.27. The Hall–Kier alpha value is -1.84. The molecule has 4 heteroatoms. The van der Waals surface area contributed by atoms with Crippen molar-refractivity contribution in [3.8, 4) is 0 Å². The molecule has 1 aromatic rings. The maximum Gasteiger partial charge on any atom is 0.412 e. The van der Waals surface area contributed by atoms with Crippen LogP contribution in [0, 0.1) is 12.8 Å². The minimum absolute atomic E-state index is 0.205. The average Bonchev–Trinajstić information content (AvgIpc) is 3.12. The minimum Gasteiger partial charge on any atom is -0.444 e. The summed E-state index contributed by atoms with van der Waals surface area (Å²) in [5, 5.41) is 2.71. The fourth-order valence-electron chi connectivity index (χ4n) is 1.95. The van der Waals surface area contributed by atoms with E-state index in [2.05, 4.69) is 5.32 Å². The fraction of sp³-hybridized carbons (Fsp3) is 0.500. The minimum atomic E-state index is -0.528. The number of nitrogens with one attached hydrogen (secondary N) is 1. The van der Waals surface area contributed by atoms with Gasteiger partial charge < -0.3 is 4.74 Å². The molecular formula is C16H21NO3. The van der Waals surface area contributed by atoms with Gasteiger partial charge in [0.1, 0.15) is 5.60 Å². The number of benzene rings is 1. The topological polar surface area (TPSA) is 55.4 Å². The summed E-state index contributed by atoms with van der Waals surface area (Å²) in [6.45, 7) is 7.32. The Kier molecular flexibility index (Phi) is 3.84. The molecule has 20 heavy (non-hydrogen) atoms. The van der Waals surface area contributed by atoms with Crippen LogP contribution in [0.1, 0.15) is 49.5 Å². The molecule has 0 atom stereocenters. The number of amides is 1. The number of anilines is 1. The first-order chi connectivity index (χ1) is 9.26. The van der Waals surface area contributed by atoms with E-state index >= 15 is 0 Å². The van der Waals surface area contributed by atoms with Gasteiger partial charge in [-0.15, -0.1) is 0 Å². The molecule has 1 amide bonds.